The molecule has 0 saturated heterocycles. The highest BCUT2D eigenvalue weighted by molar-refractivity contribution is 5.36. The van der Waals surface area contributed by atoms with Gasteiger partial charge in [-0.15, -0.1) is 0 Å². The molecule has 0 unspecified atom stereocenters. The van der Waals surface area contributed by atoms with Crippen LogP contribution in [0, 0.1) is 11.3 Å². The normalized spacial score (nSPS) is 28.5. The molecule has 1 N–H and O–H groups in total. The number of nitriles is 1. The summed E-state index contributed by atoms with van der Waals surface area (Å²) >= 11 is 0. The van der Waals surface area contributed by atoms with Gasteiger partial charge in [0.25, 0.3) is 0 Å². The second kappa shape index (κ2) is 4.27. The topological polar surface area (TPSA) is 35.8 Å². The van der Waals surface area contributed by atoms with Crippen molar-refractivity contribution in [1.82, 2.24) is 5.32 Å². The number of hydrogen-bond donors (Lipinski definition) is 1. The lowest BCUT2D eigenvalue weighted by atomic mass is 9.62. The van der Waals surface area contributed by atoms with Crippen LogP contribution in [0.5, 0.6) is 0 Å². The van der Waals surface area contributed by atoms with Crippen LogP contribution in [0.1, 0.15) is 32.3 Å². The molecule has 1 aliphatic rings. The molecular formula is C14H18N2. The molecule has 0 spiro atoms. The Morgan fingerprint density at radius 1 is 1.31 bits per heavy atom. The molecule has 0 atom stereocenters. The number of rotatable bonds is 3. The molecule has 1 aromatic carbocycles. The van der Waals surface area contributed by atoms with E-state index in [1.165, 1.54) is 5.56 Å². The average molecular weight is 214 g/mol. The fourth-order valence-electron chi connectivity index (χ4n) is 2.52. The van der Waals surface area contributed by atoms with Crippen molar-refractivity contribution in [1.29, 1.82) is 5.26 Å². The Morgan fingerprint density at radius 3 is 2.44 bits per heavy atom. The number of nitrogens with zero attached hydrogens (tertiary/aromatic N) is 1. The van der Waals surface area contributed by atoms with Crippen LogP contribution in [0.25, 0.3) is 0 Å². The first-order valence-corrected chi connectivity index (χ1v) is 5.89. The van der Waals surface area contributed by atoms with E-state index in [0.29, 0.717) is 12.1 Å². The molecule has 1 aromatic rings. The molecule has 0 bridgehead atoms. The molecule has 16 heavy (non-hydrogen) atoms. The Hall–Kier alpha value is -1.33. The van der Waals surface area contributed by atoms with E-state index in [1.807, 2.05) is 18.2 Å². The first-order valence-electron chi connectivity index (χ1n) is 5.89. The molecule has 0 radical (unpaired) electrons. The van der Waals surface area contributed by atoms with Crippen LogP contribution in [0.2, 0.25) is 0 Å². The predicted octanol–water partition coefficient (Wildman–Crippen LogP) is 2.61. The van der Waals surface area contributed by atoms with Crippen molar-refractivity contribution in [2.75, 3.05) is 0 Å². The molecule has 2 rings (SSSR count). The smallest absolute Gasteiger partial charge is 0.0852 e. The van der Waals surface area contributed by atoms with E-state index in [1.54, 1.807) is 0 Å². The van der Waals surface area contributed by atoms with Gasteiger partial charge in [0.2, 0.25) is 0 Å². The first kappa shape index (κ1) is 11.2. The first-order chi connectivity index (χ1) is 7.66. The maximum Gasteiger partial charge on any atom is 0.0852 e. The fourth-order valence-corrected chi connectivity index (χ4v) is 2.52. The van der Waals surface area contributed by atoms with Crippen molar-refractivity contribution in [3.8, 4) is 6.07 Å². The summed E-state index contributed by atoms with van der Waals surface area (Å²) in [5, 5.41) is 12.9. The van der Waals surface area contributed by atoms with Gasteiger partial charge in [-0.25, -0.2) is 0 Å². The van der Waals surface area contributed by atoms with Gasteiger partial charge in [0.1, 0.15) is 0 Å². The summed E-state index contributed by atoms with van der Waals surface area (Å²) < 4.78 is 0. The maximum atomic E-state index is 9.36. The largest absolute Gasteiger partial charge is 0.312 e. The highest BCUT2D eigenvalue weighted by atomic mass is 15.0. The van der Waals surface area contributed by atoms with Crippen LogP contribution in [0.4, 0.5) is 0 Å². The van der Waals surface area contributed by atoms with Crippen LogP contribution in [0.15, 0.2) is 30.3 Å². The van der Waals surface area contributed by atoms with Crippen molar-refractivity contribution in [2.45, 2.75) is 44.2 Å². The number of hydrogen-bond acceptors (Lipinski definition) is 2. The second-order valence-corrected chi connectivity index (χ2v) is 4.99. The predicted molar refractivity (Wildman–Crippen MR) is 65.0 cm³/mol. The molecule has 84 valence electrons. The Balaban J connectivity index is 2.07. The highest BCUT2D eigenvalue weighted by Crippen LogP contribution is 2.43. The minimum Gasteiger partial charge on any atom is -0.312 e. The van der Waals surface area contributed by atoms with Crippen molar-refractivity contribution in [3.05, 3.63) is 35.9 Å². The Bertz CT molecular complexity index is 383. The van der Waals surface area contributed by atoms with Crippen molar-refractivity contribution in [3.63, 3.8) is 0 Å². The summed E-state index contributed by atoms with van der Waals surface area (Å²) in [5.41, 5.74) is 0.924. The van der Waals surface area contributed by atoms with Gasteiger partial charge in [-0.2, -0.15) is 5.26 Å². The molecule has 0 amide bonds. The van der Waals surface area contributed by atoms with Gasteiger partial charge in [-0.3, -0.25) is 0 Å². The summed E-state index contributed by atoms with van der Waals surface area (Å²) in [6.07, 6.45) is 1.87. The van der Waals surface area contributed by atoms with Crippen LogP contribution in [-0.4, -0.2) is 12.1 Å². The quantitative estimate of drug-likeness (QED) is 0.839. The van der Waals surface area contributed by atoms with E-state index in [-0.39, 0.29) is 5.41 Å². The monoisotopic (exact) mass is 214 g/mol. The van der Waals surface area contributed by atoms with Gasteiger partial charge in [-0.1, -0.05) is 44.2 Å². The highest BCUT2D eigenvalue weighted by Gasteiger charge is 2.45. The van der Waals surface area contributed by atoms with Crippen molar-refractivity contribution >= 4 is 0 Å². The maximum absolute atomic E-state index is 9.36. The zero-order valence-electron chi connectivity index (χ0n) is 9.90. The summed E-state index contributed by atoms with van der Waals surface area (Å²) in [7, 11) is 0. The van der Waals surface area contributed by atoms with Crippen LogP contribution in [0.3, 0.4) is 0 Å². The molecule has 0 aliphatic heterocycles. The molecule has 0 heterocycles. The van der Waals surface area contributed by atoms with E-state index in [0.717, 1.165) is 12.8 Å². The Morgan fingerprint density at radius 2 is 1.94 bits per heavy atom. The van der Waals surface area contributed by atoms with Crippen LogP contribution < -0.4 is 5.32 Å². The van der Waals surface area contributed by atoms with Crippen molar-refractivity contribution in [2.24, 2.45) is 0 Å². The lowest BCUT2D eigenvalue weighted by molar-refractivity contribution is 0.216. The summed E-state index contributed by atoms with van der Waals surface area (Å²) in [5.74, 6) is 0. The minimum atomic E-state index is -0.242. The van der Waals surface area contributed by atoms with Crippen LogP contribution >= 0.6 is 0 Å². The zero-order chi connectivity index (χ0) is 11.6. The van der Waals surface area contributed by atoms with Gasteiger partial charge in [-0.05, 0) is 18.4 Å². The van der Waals surface area contributed by atoms with E-state index in [4.69, 9.17) is 0 Å². The van der Waals surface area contributed by atoms with Crippen LogP contribution in [-0.2, 0) is 5.41 Å². The third-order valence-corrected chi connectivity index (χ3v) is 3.30. The molecule has 1 aliphatic carbocycles. The molecule has 2 heteroatoms. The van der Waals surface area contributed by atoms with Crippen molar-refractivity contribution < 1.29 is 0 Å². The van der Waals surface area contributed by atoms with Gasteiger partial charge >= 0.3 is 0 Å². The lowest BCUT2D eigenvalue weighted by Crippen LogP contribution is -2.52. The third kappa shape index (κ3) is 1.96. The standard InChI is InChI=1S/C14H18N2/c1-11(2)16-13-8-14(9-13,10-15)12-6-4-3-5-7-12/h3-7,11,13,16H,8-9H2,1-2H3. The lowest BCUT2D eigenvalue weighted by Gasteiger charge is -2.44. The SMILES string of the molecule is CC(C)NC1CC(C#N)(c2ccccc2)C1. The van der Waals surface area contributed by atoms with Gasteiger partial charge in [0.05, 0.1) is 11.5 Å². The summed E-state index contributed by atoms with van der Waals surface area (Å²) in [6, 6.07) is 13.6. The molecule has 2 nitrogen and oxygen atoms in total. The van der Waals surface area contributed by atoms with E-state index in [2.05, 4.69) is 37.4 Å². The molecule has 1 saturated carbocycles. The Kier molecular flexibility index (Phi) is 2.98. The second-order valence-electron chi connectivity index (χ2n) is 4.99. The van der Waals surface area contributed by atoms with Gasteiger partial charge in [0.15, 0.2) is 0 Å². The molecule has 0 aromatic heterocycles. The van der Waals surface area contributed by atoms with E-state index < -0.39 is 0 Å². The summed E-state index contributed by atoms with van der Waals surface area (Å²) in [4.78, 5) is 0. The summed E-state index contributed by atoms with van der Waals surface area (Å²) in [6.45, 7) is 4.30. The van der Waals surface area contributed by atoms with Gasteiger partial charge in [0, 0.05) is 12.1 Å². The number of benzene rings is 1. The average Bonchev–Trinajstić information content (AvgIpc) is 2.24. The fraction of sp³-hybridized carbons (Fsp3) is 0.500. The number of nitrogens with one attached hydrogen (secondary N) is 1. The molecular weight excluding hydrogens is 196 g/mol. The molecule has 1 fully saturated rings. The van der Waals surface area contributed by atoms with Gasteiger partial charge < -0.3 is 5.32 Å². The zero-order valence-corrected chi connectivity index (χ0v) is 9.90. The Labute approximate surface area is 97.3 Å². The van der Waals surface area contributed by atoms with E-state index in [9.17, 15) is 5.26 Å². The minimum absolute atomic E-state index is 0.242. The third-order valence-electron chi connectivity index (χ3n) is 3.30. The van der Waals surface area contributed by atoms with E-state index >= 15 is 0 Å².